The third kappa shape index (κ3) is 4.23. The number of oxime groups is 1. The van der Waals surface area contributed by atoms with Crippen molar-refractivity contribution in [2.75, 3.05) is 7.11 Å². The fraction of sp³-hybridized carbons (Fsp3) is 0.111. The molecule has 3 aromatic rings. The first kappa shape index (κ1) is 17.2. The molecule has 0 aliphatic heterocycles. The van der Waals surface area contributed by atoms with E-state index < -0.39 is 4.92 Å². The van der Waals surface area contributed by atoms with E-state index in [0.717, 1.165) is 11.3 Å². The van der Waals surface area contributed by atoms with E-state index in [2.05, 4.69) is 10.1 Å². The Bertz CT molecular complexity index is 919. The van der Waals surface area contributed by atoms with Crippen molar-refractivity contribution in [3.63, 3.8) is 0 Å². The van der Waals surface area contributed by atoms with Gasteiger partial charge in [-0.15, -0.1) is 0 Å². The summed E-state index contributed by atoms with van der Waals surface area (Å²) in [6, 6.07) is 13.4. The van der Waals surface area contributed by atoms with Crippen LogP contribution in [0.3, 0.4) is 0 Å². The number of hydrogen-bond donors (Lipinski definition) is 0. The number of non-ortho nitro benzene ring substituents is 1. The molecule has 2 aromatic carbocycles. The Balaban J connectivity index is 1.58. The van der Waals surface area contributed by atoms with E-state index >= 15 is 0 Å². The maximum absolute atomic E-state index is 10.7. The summed E-state index contributed by atoms with van der Waals surface area (Å²) in [6.07, 6.45) is 2.89. The molecule has 8 heteroatoms. The fourth-order valence-corrected chi connectivity index (χ4v) is 2.16. The molecular weight excluding hydrogens is 338 g/mol. The summed E-state index contributed by atoms with van der Waals surface area (Å²) in [5.74, 6) is 1.22. The lowest BCUT2D eigenvalue weighted by Gasteiger charge is -1.99. The van der Waals surface area contributed by atoms with Crippen LogP contribution in [0.2, 0.25) is 0 Å². The lowest BCUT2D eigenvalue weighted by molar-refractivity contribution is -0.384. The molecule has 26 heavy (non-hydrogen) atoms. The third-order valence-electron chi connectivity index (χ3n) is 3.46. The topological polar surface area (TPSA) is 100.0 Å². The molecule has 0 aliphatic carbocycles. The van der Waals surface area contributed by atoms with Crippen molar-refractivity contribution >= 4 is 11.9 Å². The minimum atomic E-state index is -0.464. The zero-order chi connectivity index (χ0) is 18.4. The minimum absolute atomic E-state index is 0.00501. The van der Waals surface area contributed by atoms with Crippen LogP contribution in [-0.4, -0.2) is 23.2 Å². The number of aromatic nitrogens is 1. The molecule has 0 saturated heterocycles. The molecule has 0 atom stereocenters. The molecule has 1 heterocycles. The Morgan fingerprint density at radius 3 is 2.81 bits per heavy atom. The fourth-order valence-electron chi connectivity index (χ4n) is 2.16. The number of nitrogens with zero attached hydrogens (tertiary/aromatic N) is 3. The van der Waals surface area contributed by atoms with Gasteiger partial charge in [0.05, 0.1) is 18.2 Å². The van der Waals surface area contributed by atoms with Gasteiger partial charge < -0.3 is 14.0 Å². The van der Waals surface area contributed by atoms with Gasteiger partial charge in [0.1, 0.15) is 17.7 Å². The van der Waals surface area contributed by atoms with Gasteiger partial charge in [-0.1, -0.05) is 17.3 Å². The maximum Gasteiger partial charge on any atom is 0.270 e. The van der Waals surface area contributed by atoms with Crippen LogP contribution in [0, 0.1) is 10.1 Å². The summed E-state index contributed by atoms with van der Waals surface area (Å²) >= 11 is 0. The predicted octanol–water partition coefficient (Wildman–Crippen LogP) is 3.81. The molecular formula is C18H15N3O5. The van der Waals surface area contributed by atoms with Gasteiger partial charge in [-0.25, -0.2) is 4.98 Å². The van der Waals surface area contributed by atoms with Gasteiger partial charge in [-0.3, -0.25) is 10.1 Å². The van der Waals surface area contributed by atoms with E-state index in [1.54, 1.807) is 19.2 Å². The highest BCUT2D eigenvalue weighted by Crippen LogP contribution is 2.22. The van der Waals surface area contributed by atoms with Crippen LogP contribution < -0.4 is 4.74 Å². The first-order valence-corrected chi connectivity index (χ1v) is 7.64. The van der Waals surface area contributed by atoms with Crippen LogP contribution in [0.4, 0.5) is 5.69 Å². The molecule has 0 radical (unpaired) electrons. The number of rotatable bonds is 7. The van der Waals surface area contributed by atoms with Crippen molar-refractivity contribution in [2.24, 2.45) is 5.16 Å². The predicted molar refractivity (Wildman–Crippen MR) is 94.0 cm³/mol. The highest BCUT2D eigenvalue weighted by atomic mass is 16.6. The summed E-state index contributed by atoms with van der Waals surface area (Å²) in [5.41, 5.74) is 1.96. The maximum atomic E-state index is 10.7. The number of ether oxygens (including phenoxy) is 1. The van der Waals surface area contributed by atoms with Crippen LogP contribution in [0.25, 0.3) is 11.5 Å². The number of nitro groups is 1. The summed E-state index contributed by atoms with van der Waals surface area (Å²) in [4.78, 5) is 19.8. The van der Waals surface area contributed by atoms with Crippen LogP contribution in [0.5, 0.6) is 5.75 Å². The SMILES string of the molecule is COc1ccc(-c2nc(CO/N=C/c3cccc([N+](=O)[O-])c3)co2)cc1. The number of methoxy groups -OCH3 is 1. The molecule has 0 fully saturated rings. The largest absolute Gasteiger partial charge is 0.497 e. The van der Waals surface area contributed by atoms with Crippen LogP contribution in [0.1, 0.15) is 11.3 Å². The van der Waals surface area contributed by atoms with Gasteiger partial charge in [-0.2, -0.15) is 0 Å². The Labute approximate surface area is 148 Å². The van der Waals surface area contributed by atoms with E-state index in [4.69, 9.17) is 14.0 Å². The second-order valence-electron chi connectivity index (χ2n) is 5.23. The Kier molecular flexibility index (Phi) is 5.23. The number of hydrogen-bond acceptors (Lipinski definition) is 7. The smallest absolute Gasteiger partial charge is 0.270 e. The average Bonchev–Trinajstić information content (AvgIpc) is 3.14. The quantitative estimate of drug-likeness (QED) is 0.364. The second kappa shape index (κ2) is 7.93. The molecule has 0 bridgehead atoms. The van der Waals surface area contributed by atoms with Crippen LogP contribution in [0.15, 0.2) is 64.4 Å². The van der Waals surface area contributed by atoms with Crippen molar-refractivity contribution in [1.82, 2.24) is 4.98 Å². The molecule has 0 spiro atoms. The second-order valence-corrected chi connectivity index (χ2v) is 5.23. The van der Waals surface area contributed by atoms with Gasteiger partial charge in [0, 0.05) is 23.3 Å². The Morgan fingerprint density at radius 2 is 2.08 bits per heavy atom. The van der Waals surface area contributed by atoms with Crippen molar-refractivity contribution in [2.45, 2.75) is 6.61 Å². The summed E-state index contributed by atoms with van der Waals surface area (Å²) in [5, 5.41) is 14.5. The first-order chi connectivity index (χ1) is 12.7. The number of benzene rings is 2. The molecule has 1 aromatic heterocycles. The first-order valence-electron chi connectivity index (χ1n) is 7.64. The Hall–Kier alpha value is -3.68. The summed E-state index contributed by atoms with van der Waals surface area (Å²) in [6.45, 7) is 0.116. The molecule has 0 saturated carbocycles. The van der Waals surface area contributed by atoms with E-state index in [1.165, 1.54) is 24.6 Å². The van der Waals surface area contributed by atoms with Gasteiger partial charge >= 0.3 is 0 Å². The molecule has 0 N–H and O–H groups in total. The van der Waals surface area contributed by atoms with Crippen LogP contribution in [-0.2, 0) is 11.4 Å². The van der Waals surface area contributed by atoms with Crippen LogP contribution >= 0.6 is 0 Å². The number of oxazole rings is 1. The Morgan fingerprint density at radius 1 is 1.27 bits per heavy atom. The van der Waals surface area contributed by atoms with Gasteiger partial charge in [-0.05, 0) is 24.3 Å². The summed E-state index contributed by atoms with van der Waals surface area (Å²) in [7, 11) is 1.60. The van der Waals surface area contributed by atoms with Gasteiger partial charge in [0.25, 0.3) is 5.69 Å². The van der Waals surface area contributed by atoms with Crippen molar-refractivity contribution < 1.29 is 18.9 Å². The van der Waals surface area contributed by atoms with Crippen molar-refractivity contribution in [3.8, 4) is 17.2 Å². The molecule has 0 amide bonds. The van der Waals surface area contributed by atoms with Gasteiger partial charge in [0.15, 0.2) is 6.61 Å². The third-order valence-corrected chi connectivity index (χ3v) is 3.46. The standard InChI is InChI=1S/C18H15N3O5/c1-24-17-7-5-14(6-8-17)18-20-15(11-25-18)12-26-19-10-13-3-2-4-16(9-13)21(22)23/h2-11H,12H2,1H3/b19-10+. The molecule has 3 rings (SSSR count). The lowest BCUT2D eigenvalue weighted by atomic mass is 10.2. The molecule has 0 unspecified atom stereocenters. The van der Waals surface area contributed by atoms with E-state index in [1.807, 2.05) is 24.3 Å². The normalized spacial score (nSPS) is 10.8. The van der Waals surface area contributed by atoms with Crippen molar-refractivity contribution in [1.29, 1.82) is 0 Å². The minimum Gasteiger partial charge on any atom is -0.497 e. The number of nitro benzene ring substituents is 1. The van der Waals surface area contributed by atoms with Gasteiger partial charge in [0.2, 0.25) is 5.89 Å². The monoisotopic (exact) mass is 353 g/mol. The van der Waals surface area contributed by atoms with E-state index in [-0.39, 0.29) is 12.3 Å². The lowest BCUT2D eigenvalue weighted by Crippen LogP contribution is -1.91. The summed E-state index contributed by atoms with van der Waals surface area (Å²) < 4.78 is 10.5. The highest BCUT2D eigenvalue weighted by molar-refractivity contribution is 5.80. The van der Waals surface area contributed by atoms with E-state index in [9.17, 15) is 10.1 Å². The zero-order valence-electron chi connectivity index (χ0n) is 13.9. The zero-order valence-corrected chi connectivity index (χ0v) is 13.9. The van der Waals surface area contributed by atoms with Crippen molar-refractivity contribution in [3.05, 3.63) is 76.2 Å². The molecule has 8 nitrogen and oxygen atoms in total. The molecule has 132 valence electrons. The van der Waals surface area contributed by atoms with E-state index in [0.29, 0.717) is 17.1 Å². The molecule has 0 aliphatic rings. The highest BCUT2D eigenvalue weighted by Gasteiger charge is 2.07. The average molecular weight is 353 g/mol.